The van der Waals surface area contributed by atoms with Gasteiger partial charge in [0.25, 0.3) is 0 Å². The van der Waals surface area contributed by atoms with E-state index in [1.54, 1.807) is 0 Å². The Hall–Kier alpha value is -0.970. The van der Waals surface area contributed by atoms with E-state index in [2.05, 4.69) is 49.6 Å². The molecule has 0 spiro atoms. The number of hydrogen-bond donors (Lipinski definition) is 1. The molecule has 0 bridgehead atoms. The van der Waals surface area contributed by atoms with Gasteiger partial charge in [-0.25, -0.2) is 0 Å². The number of nitrogens with zero attached hydrogens (tertiary/aromatic N) is 2. The minimum absolute atomic E-state index is 0. The number of benzene rings is 1. The minimum Gasteiger partial charge on any atom is -0.369 e. The maximum atomic E-state index is 11.1. The highest BCUT2D eigenvalue weighted by Crippen LogP contribution is 2.28. The third-order valence-corrected chi connectivity index (χ3v) is 4.08. The van der Waals surface area contributed by atoms with E-state index >= 15 is 0 Å². The number of carbonyl (C=O) groups excluding carboxylic acids is 1. The molecule has 1 aromatic carbocycles. The van der Waals surface area contributed by atoms with Crippen LogP contribution in [0.3, 0.4) is 0 Å². The second-order valence-corrected chi connectivity index (χ2v) is 5.98. The number of primary amides is 1. The average Bonchev–Trinajstić information content (AvgIpc) is 2.30. The first-order valence-corrected chi connectivity index (χ1v) is 7.23. The van der Waals surface area contributed by atoms with Gasteiger partial charge in [-0.2, -0.15) is 0 Å². The van der Waals surface area contributed by atoms with Crippen LogP contribution >= 0.6 is 24.8 Å². The Morgan fingerprint density at radius 1 is 1.18 bits per heavy atom. The van der Waals surface area contributed by atoms with Crippen molar-refractivity contribution in [1.82, 2.24) is 4.90 Å². The van der Waals surface area contributed by atoms with E-state index in [1.165, 1.54) is 22.4 Å². The Kier molecular flexibility index (Phi) is 8.23. The fourth-order valence-corrected chi connectivity index (χ4v) is 3.30. The van der Waals surface area contributed by atoms with E-state index in [9.17, 15) is 4.79 Å². The Bertz CT molecular complexity index is 499. The van der Waals surface area contributed by atoms with Gasteiger partial charge in [-0.3, -0.25) is 9.69 Å². The number of carbonyl (C=O) groups is 1. The molecule has 1 heterocycles. The molecule has 1 aliphatic heterocycles. The summed E-state index contributed by atoms with van der Waals surface area (Å²) in [5.74, 6) is -0.243. The molecule has 126 valence electrons. The van der Waals surface area contributed by atoms with Crippen LogP contribution in [0.4, 0.5) is 5.69 Å². The van der Waals surface area contributed by atoms with E-state index < -0.39 is 0 Å². The highest BCUT2D eigenvalue weighted by atomic mass is 35.5. The van der Waals surface area contributed by atoms with Gasteiger partial charge in [-0.1, -0.05) is 17.7 Å². The van der Waals surface area contributed by atoms with Crippen molar-refractivity contribution in [3.63, 3.8) is 0 Å². The van der Waals surface area contributed by atoms with E-state index in [4.69, 9.17) is 5.73 Å². The second kappa shape index (κ2) is 8.61. The van der Waals surface area contributed by atoms with Crippen molar-refractivity contribution in [1.29, 1.82) is 0 Å². The van der Waals surface area contributed by atoms with Crippen molar-refractivity contribution >= 4 is 36.4 Å². The summed E-state index contributed by atoms with van der Waals surface area (Å²) in [4.78, 5) is 15.7. The van der Waals surface area contributed by atoms with Gasteiger partial charge in [0.2, 0.25) is 5.91 Å². The van der Waals surface area contributed by atoms with Crippen LogP contribution in [0.2, 0.25) is 0 Å². The van der Waals surface area contributed by atoms with Crippen LogP contribution in [-0.4, -0.2) is 43.0 Å². The standard InChI is InChI=1S/C16H25N3O.2ClH/c1-11-7-12(2)16(13(3)8-11)19-6-5-18(10-15(17)20)14(4)9-19;;/h7-8,14H,5-6,9-10H2,1-4H3,(H2,17,20);2*1H. The molecule has 0 saturated carbocycles. The zero-order chi connectivity index (χ0) is 14.9. The molecule has 1 fully saturated rings. The molecule has 4 nitrogen and oxygen atoms in total. The topological polar surface area (TPSA) is 49.6 Å². The first-order valence-electron chi connectivity index (χ1n) is 7.23. The molecule has 0 aliphatic carbocycles. The largest absolute Gasteiger partial charge is 0.369 e. The van der Waals surface area contributed by atoms with Gasteiger partial charge in [-0.05, 0) is 38.8 Å². The number of piperazine rings is 1. The maximum absolute atomic E-state index is 11.1. The first-order chi connectivity index (χ1) is 9.38. The van der Waals surface area contributed by atoms with Crippen molar-refractivity contribution in [3.8, 4) is 0 Å². The number of halogens is 2. The molecular formula is C16H27Cl2N3O. The Morgan fingerprint density at radius 3 is 2.18 bits per heavy atom. The number of aryl methyl sites for hydroxylation is 3. The van der Waals surface area contributed by atoms with Crippen LogP contribution in [0, 0.1) is 20.8 Å². The molecule has 1 unspecified atom stereocenters. The van der Waals surface area contributed by atoms with Crippen LogP contribution in [0.5, 0.6) is 0 Å². The summed E-state index contributed by atoms with van der Waals surface area (Å²) in [5, 5.41) is 0. The number of anilines is 1. The summed E-state index contributed by atoms with van der Waals surface area (Å²) in [7, 11) is 0. The molecule has 2 N–H and O–H groups in total. The van der Waals surface area contributed by atoms with Gasteiger partial charge in [0.05, 0.1) is 6.54 Å². The van der Waals surface area contributed by atoms with Crippen molar-refractivity contribution in [2.24, 2.45) is 5.73 Å². The Balaban J connectivity index is 0.00000220. The molecule has 0 aromatic heterocycles. The Labute approximate surface area is 145 Å². The van der Waals surface area contributed by atoms with Crippen LogP contribution in [0.1, 0.15) is 23.6 Å². The molecule has 1 saturated heterocycles. The number of hydrogen-bond acceptors (Lipinski definition) is 3. The van der Waals surface area contributed by atoms with Gasteiger partial charge in [0, 0.05) is 31.4 Å². The lowest BCUT2D eigenvalue weighted by molar-refractivity contribution is -0.119. The zero-order valence-electron chi connectivity index (χ0n) is 13.8. The molecule has 1 amide bonds. The number of rotatable bonds is 3. The van der Waals surface area contributed by atoms with Crippen LogP contribution < -0.4 is 10.6 Å². The molecule has 0 radical (unpaired) electrons. The van der Waals surface area contributed by atoms with Crippen LogP contribution in [-0.2, 0) is 4.79 Å². The summed E-state index contributed by atoms with van der Waals surface area (Å²) in [6.45, 7) is 11.8. The number of amides is 1. The maximum Gasteiger partial charge on any atom is 0.231 e. The third kappa shape index (κ3) is 4.77. The normalized spacial score (nSPS) is 18.4. The fourth-order valence-electron chi connectivity index (χ4n) is 3.30. The predicted octanol–water partition coefficient (Wildman–Crippen LogP) is 2.45. The summed E-state index contributed by atoms with van der Waals surface area (Å²) in [6.07, 6.45) is 0. The lowest BCUT2D eigenvalue weighted by Gasteiger charge is -2.41. The summed E-state index contributed by atoms with van der Waals surface area (Å²) in [5.41, 5.74) is 10.6. The quantitative estimate of drug-likeness (QED) is 0.913. The van der Waals surface area contributed by atoms with Crippen LogP contribution in [0.25, 0.3) is 0 Å². The highest BCUT2D eigenvalue weighted by molar-refractivity contribution is 5.85. The molecule has 22 heavy (non-hydrogen) atoms. The van der Waals surface area contributed by atoms with Gasteiger partial charge >= 0.3 is 0 Å². The predicted molar refractivity (Wildman–Crippen MR) is 97.6 cm³/mol. The fraction of sp³-hybridized carbons (Fsp3) is 0.562. The van der Waals surface area contributed by atoms with Gasteiger partial charge in [-0.15, -0.1) is 24.8 Å². The smallest absolute Gasteiger partial charge is 0.231 e. The third-order valence-electron chi connectivity index (χ3n) is 4.08. The van der Waals surface area contributed by atoms with Gasteiger partial charge in [0.1, 0.15) is 0 Å². The van der Waals surface area contributed by atoms with E-state index in [0.717, 1.165) is 19.6 Å². The minimum atomic E-state index is -0.243. The molecule has 1 aliphatic rings. The van der Waals surface area contributed by atoms with Gasteiger partial charge in [0.15, 0.2) is 0 Å². The molecule has 1 aromatic rings. The number of nitrogens with two attached hydrogens (primary N) is 1. The molecule has 1 atom stereocenters. The lowest BCUT2D eigenvalue weighted by atomic mass is 10.0. The SMILES string of the molecule is Cc1cc(C)c(N2CCN(CC(N)=O)C(C)C2)c(C)c1.Cl.Cl. The van der Waals surface area contributed by atoms with Crippen molar-refractivity contribution in [2.45, 2.75) is 33.7 Å². The monoisotopic (exact) mass is 347 g/mol. The van der Waals surface area contributed by atoms with Crippen molar-refractivity contribution in [3.05, 3.63) is 28.8 Å². The second-order valence-electron chi connectivity index (χ2n) is 5.98. The Morgan fingerprint density at radius 2 is 1.73 bits per heavy atom. The summed E-state index contributed by atoms with van der Waals surface area (Å²) >= 11 is 0. The first kappa shape index (κ1) is 21.0. The van der Waals surface area contributed by atoms with Crippen molar-refractivity contribution < 1.29 is 4.79 Å². The molecular weight excluding hydrogens is 321 g/mol. The van der Waals surface area contributed by atoms with Gasteiger partial charge < -0.3 is 10.6 Å². The van der Waals surface area contributed by atoms with Crippen molar-refractivity contribution in [2.75, 3.05) is 31.1 Å². The van der Waals surface area contributed by atoms with E-state index in [-0.39, 0.29) is 30.7 Å². The molecule has 6 heteroatoms. The lowest BCUT2D eigenvalue weighted by Crippen LogP contribution is -2.54. The average molecular weight is 348 g/mol. The summed E-state index contributed by atoms with van der Waals surface area (Å²) in [6, 6.07) is 4.82. The van der Waals surface area contributed by atoms with Crippen LogP contribution in [0.15, 0.2) is 12.1 Å². The van der Waals surface area contributed by atoms with E-state index in [0.29, 0.717) is 12.6 Å². The van der Waals surface area contributed by atoms with E-state index in [1.807, 2.05) is 0 Å². The highest BCUT2D eigenvalue weighted by Gasteiger charge is 2.26. The summed E-state index contributed by atoms with van der Waals surface area (Å²) < 4.78 is 0. The molecule has 2 rings (SSSR count). The zero-order valence-corrected chi connectivity index (χ0v) is 15.4.